The average molecular weight is 264 g/mol. The maximum Gasteiger partial charge on any atom is 0.0164 e. The van der Waals surface area contributed by atoms with Gasteiger partial charge in [0.2, 0.25) is 0 Å². The standard InChI is InChI=1S/C18H16S/c1-2-7-13-19-18-12-11-16(14-17(18)10-4-1)15-8-5-3-6-9-15/h1-9,11-12,14H,10,13H2/b4-1-,7-2-. The predicted molar refractivity (Wildman–Crippen MR) is 84.6 cm³/mol. The van der Waals surface area contributed by atoms with Crippen molar-refractivity contribution in [2.45, 2.75) is 11.3 Å². The minimum absolute atomic E-state index is 1.01. The van der Waals surface area contributed by atoms with E-state index in [9.17, 15) is 0 Å². The number of fused-ring (bicyclic) bond motifs is 1. The van der Waals surface area contributed by atoms with Gasteiger partial charge in [0, 0.05) is 10.6 Å². The molecule has 0 aliphatic carbocycles. The monoisotopic (exact) mass is 264 g/mol. The molecule has 1 aliphatic rings. The number of hydrogen-bond donors (Lipinski definition) is 0. The number of hydrogen-bond acceptors (Lipinski definition) is 1. The van der Waals surface area contributed by atoms with Crippen LogP contribution in [0.25, 0.3) is 11.1 Å². The molecular formula is C18H16S. The van der Waals surface area contributed by atoms with Crippen molar-refractivity contribution in [3.05, 3.63) is 78.4 Å². The first kappa shape index (κ1) is 12.3. The Bertz CT molecular complexity index is 609. The van der Waals surface area contributed by atoms with Crippen molar-refractivity contribution in [1.82, 2.24) is 0 Å². The van der Waals surface area contributed by atoms with Gasteiger partial charge in [-0.05, 0) is 35.2 Å². The van der Waals surface area contributed by atoms with Crippen LogP contribution in [0.5, 0.6) is 0 Å². The Balaban J connectivity index is 1.99. The molecule has 0 amide bonds. The summed E-state index contributed by atoms with van der Waals surface area (Å²) in [5.41, 5.74) is 4.02. The van der Waals surface area contributed by atoms with Crippen molar-refractivity contribution < 1.29 is 0 Å². The highest BCUT2D eigenvalue weighted by Crippen LogP contribution is 2.29. The molecule has 0 aromatic heterocycles. The number of rotatable bonds is 1. The summed E-state index contributed by atoms with van der Waals surface area (Å²) in [5.74, 6) is 1.04. The van der Waals surface area contributed by atoms with E-state index < -0.39 is 0 Å². The van der Waals surface area contributed by atoms with Crippen LogP contribution in [0.15, 0.2) is 77.7 Å². The van der Waals surface area contributed by atoms with Gasteiger partial charge in [-0.2, -0.15) is 0 Å². The fraction of sp³-hybridized carbons (Fsp3) is 0.111. The summed E-state index contributed by atoms with van der Waals surface area (Å²) in [6.07, 6.45) is 9.73. The molecule has 2 aromatic rings. The number of benzene rings is 2. The highest BCUT2D eigenvalue weighted by molar-refractivity contribution is 7.99. The van der Waals surface area contributed by atoms with Gasteiger partial charge in [-0.15, -0.1) is 11.8 Å². The normalized spacial score (nSPS) is 17.7. The van der Waals surface area contributed by atoms with Crippen LogP contribution in [-0.2, 0) is 6.42 Å². The average Bonchev–Trinajstić information content (AvgIpc) is 2.59. The summed E-state index contributed by atoms with van der Waals surface area (Å²) < 4.78 is 0. The van der Waals surface area contributed by atoms with Crippen molar-refractivity contribution in [1.29, 1.82) is 0 Å². The maximum atomic E-state index is 2.33. The van der Waals surface area contributed by atoms with Crippen LogP contribution in [0, 0.1) is 0 Å². The lowest BCUT2D eigenvalue weighted by Crippen LogP contribution is -1.88. The van der Waals surface area contributed by atoms with Gasteiger partial charge >= 0.3 is 0 Å². The third-order valence-electron chi connectivity index (χ3n) is 3.22. The first-order valence-corrected chi connectivity index (χ1v) is 7.55. The van der Waals surface area contributed by atoms with E-state index in [0.29, 0.717) is 0 Å². The molecule has 1 heteroatoms. The fourth-order valence-corrected chi connectivity index (χ4v) is 3.11. The van der Waals surface area contributed by atoms with Crippen LogP contribution in [0.2, 0.25) is 0 Å². The minimum Gasteiger partial charge on any atom is -0.122 e. The molecule has 0 fully saturated rings. The van der Waals surface area contributed by atoms with Gasteiger partial charge in [-0.3, -0.25) is 0 Å². The Kier molecular flexibility index (Phi) is 3.85. The summed E-state index contributed by atoms with van der Waals surface area (Å²) in [7, 11) is 0. The third kappa shape index (κ3) is 2.99. The molecule has 3 rings (SSSR count). The van der Waals surface area contributed by atoms with Crippen LogP contribution in [0.1, 0.15) is 5.56 Å². The van der Waals surface area contributed by atoms with Crippen molar-refractivity contribution in [2.75, 3.05) is 5.75 Å². The van der Waals surface area contributed by atoms with E-state index in [4.69, 9.17) is 0 Å². The topological polar surface area (TPSA) is 0 Å². The van der Waals surface area contributed by atoms with E-state index in [1.54, 1.807) is 0 Å². The van der Waals surface area contributed by atoms with Gasteiger partial charge in [0.1, 0.15) is 0 Å². The van der Waals surface area contributed by atoms with Crippen LogP contribution in [0.4, 0.5) is 0 Å². The molecule has 0 radical (unpaired) electrons. The highest BCUT2D eigenvalue weighted by atomic mass is 32.2. The van der Waals surface area contributed by atoms with Crippen LogP contribution in [-0.4, -0.2) is 5.75 Å². The molecule has 1 heterocycles. The predicted octanol–water partition coefficient (Wildman–Crippen LogP) is 5.11. The van der Waals surface area contributed by atoms with E-state index in [-0.39, 0.29) is 0 Å². The lowest BCUT2D eigenvalue weighted by molar-refractivity contribution is 1.18. The number of allylic oxidation sites excluding steroid dienone is 3. The van der Waals surface area contributed by atoms with Gasteiger partial charge in [-0.25, -0.2) is 0 Å². The Labute approximate surface area is 118 Å². The maximum absolute atomic E-state index is 2.33. The zero-order valence-corrected chi connectivity index (χ0v) is 11.6. The molecule has 0 saturated heterocycles. The van der Waals surface area contributed by atoms with Gasteiger partial charge in [0.05, 0.1) is 0 Å². The molecule has 2 aromatic carbocycles. The van der Waals surface area contributed by atoms with E-state index in [1.165, 1.54) is 21.6 Å². The zero-order chi connectivity index (χ0) is 12.9. The number of thioether (sulfide) groups is 1. The van der Waals surface area contributed by atoms with Gasteiger partial charge < -0.3 is 0 Å². The Morgan fingerprint density at radius 1 is 0.789 bits per heavy atom. The summed E-state index contributed by atoms with van der Waals surface area (Å²) in [6, 6.07) is 17.4. The van der Waals surface area contributed by atoms with Gasteiger partial charge in [0.25, 0.3) is 0 Å². The molecular weight excluding hydrogens is 248 g/mol. The summed E-state index contributed by atoms with van der Waals surface area (Å²) >= 11 is 1.91. The van der Waals surface area contributed by atoms with Crippen LogP contribution >= 0.6 is 11.8 Å². The van der Waals surface area contributed by atoms with E-state index in [0.717, 1.165) is 12.2 Å². The summed E-state index contributed by atoms with van der Waals surface area (Å²) in [6.45, 7) is 0. The SMILES string of the molecule is C1=C\CSc2ccc(-c3ccccc3)cc2C\C=C/1. The van der Waals surface area contributed by atoms with Gasteiger partial charge in [-0.1, -0.05) is 60.7 Å². The summed E-state index contributed by atoms with van der Waals surface area (Å²) in [4.78, 5) is 1.40. The zero-order valence-electron chi connectivity index (χ0n) is 10.8. The fourth-order valence-electron chi connectivity index (χ4n) is 2.24. The van der Waals surface area contributed by atoms with E-state index in [1.807, 2.05) is 11.8 Å². The van der Waals surface area contributed by atoms with Crippen molar-refractivity contribution in [2.24, 2.45) is 0 Å². The molecule has 0 saturated carbocycles. The molecule has 94 valence electrons. The van der Waals surface area contributed by atoms with Crippen LogP contribution < -0.4 is 0 Å². The second-order valence-electron chi connectivity index (χ2n) is 4.56. The Hall–Kier alpha value is -1.73. The van der Waals surface area contributed by atoms with E-state index >= 15 is 0 Å². The van der Waals surface area contributed by atoms with Crippen molar-refractivity contribution in [3.63, 3.8) is 0 Å². The van der Waals surface area contributed by atoms with Crippen molar-refractivity contribution in [3.8, 4) is 11.1 Å². The molecule has 0 spiro atoms. The molecule has 1 aliphatic heterocycles. The molecule has 0 bridgehead atoms. The second kappa shape index (κ2) is 5.94. The van der Waals surface area contributed by atoms with E-state index in [2.05, 4.69) is 72.8 Å². The quantitative estimate of drug-likeness (QED) is 0.689. The van der Waals surface area contributed by atoms with Crippen LogP contribution in [0.3, 0.4) is 0 Å². The van der Waals surface area contributed by atoms with Gasteiger partial charge in [0.15, 0.2) is 0 Å². The summed E-state index contributed by atoms with van der Waals surface area (Å²) in [5, 5.41) is 0. The molecule has 0 atom stereocenters. The Morgan fingerprint density at radius 3 is 2.53 bits per heavy atom. The Morgan fingerprint density at radius 2 is 1.63 bits per heavy atom. The molecule has 0 unspecified atom stereocenters. The molecule has 0 nitrogen and oxygen atoms in total. The first-order valence-electron chi connectivity index (χ1n) is 6.56. The first-order chi connectivity index (χ1) is 9.43. The third-order valence-corrected chi connectivity index (χ3v) is 4.29. The smallest absolute Gasteiger partial charge is 0.0164 e. The largest absolute Gasteiger partial charge is 0.122 e. The van der Waals surface area contributed by atoms with Crippen molar-refractivity contribution >= 4 is 11.8 Å². The molecule has 0 N–H and O–H groups in total. The minimum atomic E-state index is 1.01. The highest BCUT2D eigenvalue weighted by Gasteiger charge is 2.05. The lowest BCUT2D eigenvalue weighted by atomic mass is 10.0. The second-order valence-corrected chi connectivity index (χ2v) is 5.62. The molecule has 19 heavy (non-hydrogen) atoms. The lowest BCUT2D eigenvalue weighted by Gasteiger charge is -2.09.